The van der Waals surface area contributed by atoms with Crippen LogP contribution in [0.1, 0.15) is 37.2 Å². The molecule has 2 N–H and O–H groups in total. The Labute approximate surface area is 80.3 Å². The van der Waals surface area contributed by atoms with E-state index in [1.807, 2.05) is 13.8 Å². The molecule has 0 spiro atoms. The van der Waals surface area contributed by atoms with Gasteiger partial charge in [0, 0.05) is 5.92 Å². The van der Waals surface area contributed by atoms with Crippen LogP contribution in [0.4, 0.5) is 0 Å². The van der Waals surface area contributed by atoms with E-state index in [0.29, 0.717) is 18.2 Å². The van der Waals surface area contributed by atoms with Gasteiger partial charge in [0.05, 0.1) is 6.42 Å². The molecule has 0 saturated carbocycles. The van der Waals surface area contributed by atoms with Crippen molar-refractivity contribution in [1.29, 1.82) is 0 Å². The molecule has 0 fully saturated rings. The van der Waals surface area contributed by atoms with E-state index in [0.717, 1.165) is 11.6 Å². The number of hydrogen-bond acceptors (Lipinski definition) is 5. The van der Waals surface area contributed by atoms with Crippen molar-refractivity contribution in [3.8, 4) is 0 Å². The highest BCUT2D eigenvalue weighted by atomic mass is 15.5. The summed E-state index contributed by atoms with van der Waals surface area (Å²) >= 11 is 0. The molecule has 2 heterocycles. The molecule has 0 aliphatic heterocycles. The van der Waals surface area contributed by atoms with Gasteiger partial charge in [0.25, 0.3) is 0 Å². The van der Waals surface area contributed by atoms with Gasteiger partial charge in [-0.05, 0) is 0 Å². The van der Waals surface area contributed by atoms with E-state index in [2.05, 4.69) is 35.8 Å². The lowest BCUT2D eigenvalue weighted by atomic mass is 10.2. The summed E-state index contributed by atoms with van der Waals surface area (Å²) in [4.78, 5) is 4.30. The monoisotopic (exact) mass is 193 g/mol. The van der Waals surface area contributed by atoms with Gasteiger partial charge in [-0.25, -0.2) is 4.98 Å². The predicted octanol–water partition coefficient (Wildman–Crippen LogP) is 0.0320. The average molecular weight is 193 g/mol. The number of nitrogens with zero attached hydrogens (tertiary/aromatic N) is 5. The van der Waals surface area contributed by atoms with Gasteiger partial charge in [-0.15, -0.1) is 10.2 Å². The molecule has 7 heteroatoms. The second-order valence-corrected chi connectivity index (χ2v) is 3.30. The number of aromatic amines is 2. The van der Waals surface area contributed by atoms with E-state index in [1.54, 1.807) is 0 Å². The Morgan fingerprint density at radius 1 is 1.29 bits per heavy atom. The van der Waals surface area contributed by atoms with Crippen LogP contribution in [0.15, 0.2) is 0 Å². The maximum absolute atomic E-state index is 4.30. The van der Waals surface area contributed by atoms with Gasteiger partial charge in [0.15, 0.2) is 11.6 Å². The van der Waals surface area contributed by atoms with E-state index in [1.165, 1.54) is 0 Å². The first kappa shape index (κ1) is 8.79. The first-order valence-corrected chi connectivity index (χ1v) is 4.39. The Bertz CT molecular complexity index is 388. The Morgan fingerprint density at radius 2 is 2.14 bits per heavy atom. The van der Waals surface area contributed by atoms with Gasteiger partial charge < -0.3 is 0 Å². The van der Waals surface area contributed by atoms with Gasteiger partial charge >= 0.3 is 0 Å². The molecule has 0 unspecified atom stereocenters. The largest absolute Gasteiger partial charge is 0.263 e. The van der Waals surface area contributed by atoms with Crippen LogP contribution < -0.4 is 0 Å². The molecule has 14 heavy (non-hydrogen) atoms. The van der Waals surface area contributed by atoms with Gasteiger partial charge in [0.1, 0.15) is 5.82 Å². The molecule has 0 aromatic carbocycles. The first-order valence-electron chi connectivity index (χ1n) is 4.39. The fourth-order valence-electron chi connectivity index (χ4n) is 1.05. The molecule has 0 radical (unpaired) electrons. The molecule has 7 nitrogen and oxygen atoms in total. The molecule has 0 amide bonds. The molecular weight excluding hydrogens is 182 g/mol. The summed E-state index contributed by atoms with van der Waals surface area (Å²) in [7, 11) is 0. The SMILES string of the molecule is CC(C)c1n[nH]c(Cc2nn[nH]n2)n1. The zero-order chi connectivity index (χ0) is 9.97. The minimum atomic E-state index is 0.324. The van der Waals surface area contributed by atoms with Crippen LogP contribution in [0, 0.1) is 0 Å². The average Bonchev–Trinajstić information content (AvgIpc) is 2.75. The van der Waals surface area contributed by atoms with E-state index < -0.39 is 0 Å². The van der Waals surface area contributed by atoms with Gasteiger partial charge in [-0.1, -0.05) is 19.1 Å². The van der Waals surface area contributed by atoms with Crippen molar-refractivity contribution in [2.75, 3.05) is 0 Å². The number of hydrogen-bond donors (Lipinski definition) is 2. The number of nitrogens with one attached hydrogen (secondary N) is 2. The van der Waals surface area contributed by atoms with E-state index >= 15 is 0 Å². The summed E-state index contributed by atoms with van der Waals surface area (Å²) in [5, 5.41) is 20.4. The fourth-order valence-corrected chi connectivity index (χ4v) is 1.05. The molecule has 2 aromatic rings. The highest BCUT2D eigenvalue weighted by molar-refractivity contribution is 5.00. The van der Waals surface area contributed by atoms with Crippen molar-refractivity contribution in [2.24, 2.45) is 0 Å². The second kappa shape index (κ2) is 3.52. The van der Waals surface area contributed by atoms with Crippen LogP contribution in [0.3, 0.4) is 0 Å². The molecule has 2 rings (SSSR count). The van der Waals surface area contributed by atoms with Gasteiger partial charge in [-0.3, -0.25) is 5.10 Å². The molecule has 0 aliphatic carbocycles. The zero-order valence-electron chi connectivity index (χ0n) is 8.02. The molecule has 0 bridgehead atoms. The summed E-state index contributed by atoms with van der Waals surface area (Å²) < 4.78 is 0. The van der Waals surface area contributed by atoms with Gasteiger partial charge in [0.2, 0.25) is 0 Å². The van der Waals surface area contributed by atoms with Crippen molar-refractivity contribution in [3.05, 3.63) is 17.5 Å². The Morgan fingerprint density at radius 3 is 2.71 bits per heavy atom. The second-order valence-electron chi connectivity index (χ2n) is 3.30. The van der Waals surface area contributed by atoms with Crippen molar-refractivity contribution in [2.45, 2.75) is 26.2 Å². The molecule has 0 aliphatic rings. The normalized spacial score (nSPS) is 11.1. The smallest absolute Gasteiger partial charge is 0.182 e. The van der Waals surface area contributed by atoms with E-state index in [4.69, 9.17) is 0 Å². The van der Waals surface area contributed by atoms with Crippen LogP contribution in [0.2, 0.25) is 0 Å². The van der Waals surface area contributed by atoms with Crippen molar-refractivity contribution >= 4 is 0 Å². The van der Waals surface area contributed by atoms with Crippen molar-refractivity contribution < 1.29 is 0 Å². The summed E-state index contributed by atoms with van der Waals surface area (Å²) in [6.45, 7) is 4.09. The summed E-state index contributed by atoms with van der Waals surface area (Å²) in [6, 6.07) is 0. The number of tetrazole rings is 1. The Kier molecular flexibility index (Phi) is 2.21. The number of H-pyrrole nitrogens is 2. The van der Waals surface area contributed by atoms with Crippen LogP contribution in [-0.2, 0) is 6.42 Å². The summed E-state index contributed by atoms with van der Waals surface area (Å²) in [5.41, 5.74) is 0. The minimum Gasteiger partial charge on any atom is -0.263 e. The highest BCUT2D eigenvalue weighted by Gasteiger charge is 2.08. The van der Waals surface area contributed by atoms with Crippen LogP contribution in [0.25, 0.3) is 0 Å². The minimum absolute atomic E-state index is 0.324. The standard InChI is InChI=1S/C7H11N7/c1-4(2)7-8-5(9-12-7)3-6-10-13-14-11-6/h4H,3H2,1-2H3,(H,8,9,12)(H,10,11,13,14). The third-order valence-corrected chi connectivity index (χ3v) is 1.78. The zero-order valence-corrected chi connectivity index (χ0v) is 8.02. The molecule has 0 atom stereocenters. The van der Waals surface area contributed by atoms with E-state index in [9.17, 15) is 0 Å². The first-order chi connectivity index (χ1) is 6.75. The summed E-state index contributed by atoms with van der Waals surface area (Å²) in [6.07, 6.45) is 0.524. The number of aromatic nitrogens is 7. The lowest BCUT2D eigenvalue weighted by molar-refractivity contribution is 0.780. The molecule has 2 aromatic heterocycles. The predicted molar refractivity (Wildman–Crippen MR) is 47.5 cm³/mol. The summed E-state index contributed by atoms with van der Waals surface area (Å²) in [5.74, 6) is 2.50. The number of rotatable bonds is 3. The topological polar surface area (TPSA) is 96.0 Å². The van der Waals surface area contributed by atoms with Gasteiger partial charge in [-0.2, -0.15) is 10.3 Å². The Hall–Kier alpha value is -1.79. The quantitative estimate of drug-likeness (QED) is 0.717. The lowest BCUT2D eigenvalue weighted by Gasteiger charge is -1.93. The maximum Gasteiger partial charge on any atom is 0.182 e. The fraction of sp³-hybridized carbons (Fsp3) is 0.571. The van der Waals surface area contributed by atoms with Crippen LogP contribution in [-0.4, -0.2) is 35.8 Å². The highest BCUT2D eigenvalue weighted by Crippen LogP contribution is 2.08. The van der Waals surface area contributed by atoms with Crippen LogP contribution in [0.5, 0.6) is 0 Å². The maximum atomic E-state index is 4.30. The third-order valence-electron chi connectivity index (χ3n) is 1.78. The van der Waals surface area contributed by atoms with Crippen LogP contribution >= 0.6 is 0 Å². The molecular formula is C7H11N7. The third kappa shape index (κ3) is 1.76. The van der Waals surface area contributed by atoms with Crippen molar-refractivity contribution in [3.63, 3.8) is 0 Å². The lowest BCUT2D eigenvalue weighted by Crippen LogP contribution is -1.94. The molecule has 0 saturated heterocycles. The molecule has 74 valence electrons. The van der Waals surface area contributed by atoms with Crippen molar-refractivity contribution in [1.82, 2.24) is 35.8 Å². The van der Waals surface area contributed by atoms with E-state index in [-0.39, 0.29) is 0 Å². The Balaban J connectivity index is 2.11.